The number of anilines is 1. The molecule has 0 aliphatic heterocycles. The van der Waals surface area contributed by atoms with Gasteiger partial charge in [0.2, 0.25) is 0 Å². The van der Waals surface area contributed by atoms with Crippen molar-refractivity contribution in [3.63, 3.8) is 0 Å². The number of carbonyl (C=O) groups is 2. The van der Waals surface area contributed by atoms with Gasteiger partial charge in [-0.05, 0) is 24.6 Å². The molecule has 0 fully saturated rings. The fourth-order valence-corrected chi connectivity index (χ4v) is 2.86. The van der Waals surface area contributed by atoms with Crippen LogP contribution in [0.5, 0.6) is 0 Å². The molecule has 3 rings (SSSR count). The first-order valence-electron chi connectivity index (χ1n) is 7.81. The van der Waals surface area contributed by atoms with E-state index >= 15 is 0 Å². The monoisotopic (exact) mass is 407 g/mol. The van der Waals surface area contributed by atoms with Crippen LogP contribution in [-0.2, 0) is 13.6 Å². The van der Waals surface area contributed by atoms with E-state index in [4.69, 9.17) is 28.3 Å². The molecule has 3 aromatic rings. The van der Waals surface area contributed by atoms with E-state index in [2.05, 4.69) is 15.5 Å². The van der Waals surface area contributed by atoms with Crippen molar-refractivity contribution < 1.29 is 14.7 Å². The van der Waals surface area contributed by atoms with Crippen molar-refractivity contribution in [1.29, 1.82) is 0 Å². The zero-order chi connectivity index (χ0) is 19.7. The Morgan fingerprint density at radius 3 is 2.59 bits per heavy atom. The third-order valence-electron chi connectivity index (χ3n) is 3.82. The molecule has 0 aliphatic rings. The Bertz CT molecular complexity index is 1040. The first-order valence-corrected chi connectivity index (χ1v) is 8.57. The number of aromatic carboxylic acids is 1. The highest BCUT2D eigenvalue weighted by atomic mass is 35.5. The van der Waals surface area contributed by atoms with Gasteiger partial charge < -0.3 is 10.4 Å². The van der Waals surface area contributed by atoms with E-state index in [1.165, 1.54) is 10.9 Å². The van der Waals surface area contributed by atoms with E-state index in [0.29, 0.717) is 22.4 Å². The molecular formula is C17H15Cl2N5O3. The maximum atomic E-state index is 12.4. The fourth-order valence-electron chi connectivity index (χ4n) is 2.54. The summed E-state index contributed by atoms with van der Waals surface area (Å²) in [6.07, 6.45) is 1.35. The fraction of sp³-hybridized carbons (Fsp3) is 0.176. The zero-order valence-electron chi connectivity index (χ0n) is 14.4. The summed E-state index contributed by atoms with van der Waals surface area (Å²) in [7, 11) is 1.54. The lowest BCUT2D eigenvalue weighted by Crippen LogP contribution is -2.16. The average molecular weight is 408 g/mol. The number of rotatable bonds is 5. The molecule has 140 valence electrons. The second-order valence-corrected chi connectivity index (χ2v) is 6.72. The highest BCUT2D eigenvalue weighted by molar-refractivity contribution is 6.42. The Labute approximate surface area is 164 Å². The summed E-state index contributed by atoms with van der Waals surface area (Å²) in [6, 6.07) is 6.98. The molecule has 0 atom stereocenters. The van der Waals surface area contributed by atoms with Gasteiger partial charge in [-0.15, -0.1) is 0 Å². The number of benzene rings is 1. The number of nitrogens with one attached hydrogen (secondary N) is 1. The van der Waals surface area contributed by atoms with Crippen LogP contribution in [0.2, 0.25) is 10.0 Å². The van der Waals surface area contributed by atoms with Gasteiger partial charge in [-0.25, -0.2) is 4.79 Å². The van der Waals surface area contributed by atoms with E-state index in [-0.39, 0.29) is 11.3 Å². The number of carboxylic acids is 1. The molecule has 0 aliphatic carbocycles. The maximum Gasteiger partial charge on any atom is 0.357 e. The van der Waals surface area contributed by atoms with Gasteiger partial charge in [-0.1, -0.05) is 29.3 Å². The van der Waals surface area contributed by atoms with Crippen LogP contribution in [0, 0.1) is 6.92 Å². The van der Waals surface area contributed by atoms with Crippen LogP contribution in [0.1, 0.15) is 32.1 Å². The van der Waals surface area contributed by atoms with Crippen molar-refractivity contribution >= 4 is 40.9 Å². The van der Waals surface area contributed by atoms with E-state index in [1.807, 2.05) is 13.0 Å². The number of carbonyl (C=O) groups excluding carboxylic acids is 1. The van der Waals surface area contributed by atoms with Crippen molar-refractivity contribution in [1.82, 2.24) is 19.6 Å². The van der Waals surface area contributed by atoms with Crippen LogP contribution in [0.15, 0.2) is 30.5 Å². The highest BCUT2D eigenvalue weighted by Crippen LogP contribution is 2.23. The SMILES string of the molecule is Cc1cc(NC(=O)c2cn(C)nc2C(=O)O)nn1Cc1ccc(Cl)c(Cl)c1. The largest absolute Gasteiger partial charge is 0.476 e. The number of aryl methyl sites for hydroxylation is 2. The number of hydrogen-bond acceptors (Lipinski definition) is 4. The molecule has 0 saturated heterocycles. The lowest BCUT2D eigenvalue weighted by atomic mass is 10.2. The number of aromatic nitrogens is 4. The van der Waals surface area contributed by atoms with Crippen LogP contribution in [0.3, 0.4) is 0 Å². The minimum absolute atomic E-state index is 0.0401. The number of hydrogen-bond donors (Lipinski definition) is 2. The van der Waals surface area contributed by atoms with Crippen LogP contribution >= 0.6 is 23.2 Å². The summed E-state index contributed by atoms with van der Waals surface area (Å²) in [5.41, 5.74) is 1.35. The molecule has 0 saturated carbocycles. The second kappa shape index (κ2) is 7.42. The molecule has 1 amide bonds. The molecule has 0 spiro atoms. The smallest absolute Gasteiger partial charge is 0.357 e. The summed E-state index contributed by atoms with van der Waals surface area (Å²) in [5, 5.41) is 20.8. The first kappa shape index (κ1) is 18.9. The quantitative estimate of drug-likeness (QED) is 0.675. The summed E-state index contributed by atoms with van der Waals surface area (Å²) < 4.78 is 2.96. The standard InChI is InChI=1S/C17H15Cl2N5O3/c1-9-5-14(20-16(25)11-8-23(2)22-15(11)17(26)27)21-24(9)7-10-3-4-12(18)13(19)6-10/h3-6,8H,7H2,1-2H3,(H,26,27)(H,20,21,25). The van der Waals surface area contributed by atoms with Gasteiger partial charge in [0.1, 0.15) is 0 Å². The topological polar surface area (TPSA) is 102 Å². The second-order valence-electron chi connectivity index (χ2n) is 5.90. The summed E-state index contributed by atoms with van der Waals surface area (Å²) in [4.78, 5) is 23.6. The molecule has 0 unspecified atom stereocenters. The van der Waals surface area contributed by atoms with Crippen molar-refractivity contribution in [3.8, 4) is 0 Å². The van der Waals surface area contributed by atoms with Gasteiger partial charge in [0.25, 0.3) is 5.91 Å². The molecule has 2 N–H and O–H groups in total. The lowest BCUT2D eigenvalue weighted by molar-refractivity contribution is 0.0685. The van der Waals surface area contributed by atoms with E-state index in [0.717, 1.165) is 11.3 Å². The Balaban J connectivity index is 1.79. The van der Waals surface area contributed by atoms with Crippen molar-refractivity contribution in [2.45, 2.75) is 13.5 Å². The Hall–Kier alpha value is -2.84. The zero-order valence-corrected chi connectivity index (χ0v) is 15.9. The third-order valence-corrected chi connectivity index (χ3v) is 4.55. The van der Waals surface area contributed by atoms with Crippen molar-refractivity contribution in [3.05, 3.63) is 63.0 Å². The highest BCUT2D eigenvalue weighted by Gasteiger charge is 2.21. The molecule has 2 aromatic heterocycles. The Morgan fingerprint density at radius 1 is 1.19 bits per heavy atom. The Kier molecular flexibility index (Phi) is 5.20. The Morgan fingerprint density at radius 2 is 1.93 bits per heavy atom. The predicted molar refractivity (Wildman–Crippen MR) is 101 cm³/mol. The minimum atomic E-state index is -1.28. The number of halogens is 2. The molecule has 27 heavy (non-hydrogen) atoms. The lowest BCUT2D eigenvalue weighted by Gasteiger charge is -2.06. The number of carboxylic acid groups (broad SMARTS) is 1. The maximum absolute atomic E-state index is 12.4. The van der Waals surface area contributed by atoms with Crippen molar-refractivity contribution in [2.75, 3.05) is 5.32 Å². The van der Waals surface area contributed by atoms with Gasteiger partial charge in [0, 0.05) is 25.0 Å². The van der Waals surface area contributed by atoms with E-state index in [1.54, 1.807) is 29.9 Å². The predicted octanol–water partition coefficient (Wildman–Crippen LogP) is 3.23. The van der Waals surface area contributed by atoms with Crippen LogP contribution in [0.4, 0.5) is 5.82 Å². The molecule has 0 radical (unpaired) electrons. The van der Waals surface area contributed by atoms with Crippen molar-refractivity contribution in [2.24, 2.45) is 7.05 Å². The summed E-state index contributed by atoms with van der Waals surface area (Å²) in [5.74, 6) is -1.57. The van der Waals surface area contributed by atoms with E-state index < -0.39 is 11.9 Å². The van der Waals surface area contributed by atoms with Gasteiger partial charge in [0.05, 0.1) is 22.2 Å². The van der Waals surface area contributed by atoms with Crippen LogP contribution < -0.4 is 5.32 Å². The first-order chi connectivity index (χ1) is 12.7. The molecule has 2 heterocycles. The van der Waals surface area contributed by atoms with Crippen LogP contribution in [-0.4, -0.2) is 36.5 Å². The minimum Gasteiger partial charge on any atom is -0.476 e. The summed E-state index contributed by atoms with van der Waals surface area (Å²) >= 11 is 12.0. The normalized spacial score (nSPS) is 10.8. The van der Waals surface area contributed by atoms with Gasteiger partial charge in [-0.3, -0.25) is 14.2 Å². The molecule has 0 bridgehead atoms. The van der Waals surface area contributed by atoms with E-state index in [9.17, 15) is 9.59 Å². The van der Waals surface area contributed by atoms with Crippen LogP contribution in [0.25, 0.3) is 0 Å². The number of nitrogens with zero attached hydrogens (tertiary/aromatic N) is 4. The average Bonchev–Trinajstić information content (AvgIpc) is 3.14. The molecule has 10 heteroatoms. The van der Waals surface area contributed by atoms with Gasteiger partial charge in [0.15, 0.2) is 11.5 Å². The molecule has 1 aromatic carbocycles. The molecular weight excluding hydrogens is 393 g/mol. The summed E-state index contributed by atoms with van der Waals surface area (Å²) in [6.45, 7) is 2.28. The van der Waals surface area contributed by atoms with Gasteiger partial charge >= 0.3 is 5.97 Å². The molecule has 8 nitrogen and oxygen atoms in total. The third kappa shape index (κ3) is 4.12. The van der Waals surface area contributed by atoms with Gasteiger partial charge in [-0.2, -0.15) is 10.2 Å². The number of amides is 1.